The minimum atomic E-state index is -0.132. The van der Waals surface area contributed by atoms with Crippen molar-refractivity contribution < 1.29 is 9.13 Å². The number of hydrogen-bond donors (Lipinski definition) is 0. The molecule has 0 aliphatic heterocycles. The quantitative estimate of drug-likeness (QED) is 0.758. The Bertz CT molecular complexity index is 466. The van der Waals surface area contributed by atoms with E-state index in [2.05, 4.69) is 0 Å². The Hall–Kier alpha value is -0.360. The summed E-state index contributed by atoms with van der Waals surface area (Å²) in [5, 5.41) is 0.658. The van der Waals surface area contributed by atoms with Crippen LogP contribution in [-0.2, 0) is 0 Å². The van der Waals surface area contributed by atoms with Crippen LogP contribution in [0.5, 0.6) is 5.75 Å². The molecule has 0 saturated carbocycles. The lowest BCUT2D eigenvalue weighted by molar-refractivity contribution is 0.340. The number of thiophene rings is 1. The summed E-state index contributed by atoms with van der Waals surface area (Å²) < 4.78 is 20.5. The molecular weight excluding hydrogens is 314 g/mol. The van der Waals surface area contributed by atoms with Crippen LogP contribution >= 0.6 is 33.9 Å². The van der Waals surface area contributed by atoms with Gasteiger partial charge in [-0.05, 0) is 47.7 Å². The lowest BCUT2D eigenvalue weighted by Gasteiger charge is -2.01. The molecule has 0 spiro atoms. The molecule has 0 radical (unpaired) electrons. The zero-order valence-corrected chi connectivity index (χ0v) is 10.5. The summed E-state index contributed by atoms with van der Waals surface area (Å²) in [6.07, 6.45) is 0. The zero-order valence-electron chi connectivity index (χ0n) is 7.51. The van der Waals surface area contributed by atoms with Gasteiger partial charge in [0.25, 0.3) is 0 Å². The number of halogens is 2. The Morgan fingerprint density at radius 1 is 1.50 bits per heavy atom. The van der Waals surface area contributed by atoms with Crippen molar-refractivity contribution >= 4 is 44.0 Å². The minimum absolute atomic E-state index is 0.132. The van der Waals surface area contributed by atoms with Crippen molar-refractivity contribution in [2.24, 2.45) is 0 Å². The molecule has 0 unspecified atom stereocenters. The van der Waals surface area contributed by atoms with Crippen molar-refractivity contribution in [3.8, 4) is 5.75 Å². The van der Waals surface area contributed by atoms with Crippen molar-refractivity contribution in [3.63, 3.8) is 0 Å². The molecule has 0 bridgehead atoms. The van der Waals surface area contributed by atoms with Crippen LogP contribution in [0, 0.1) is 8.70 Å². The van der Waals surface area contributed by atoms with Gasteiger partial charge in [-0.3, -0.25) is 0 Å². The van der Waals surface area contributed by atoms with Crippen molar-refractivity contribution in [3.05, 3.63) is 26.9 Å². The smallest absolute Gasteiger partial charge is 0.155 e. The molecule has 0 amide bonds. The molecule has 1 aromatic heterocycles. The molecule has 0 N–H and O–H groups in total. The monoisotopic (exact) mass is 322 g/mol. The third-order valence-electron chi connectivity index (χ3n) is 1.87. The van der Waals surface area contributed by atoms with E-state index in [-0.39, 0.29) is 5.82 Å². The maximum absolute atomic E-state index is 13.5. The van der Waals surface area contributed by atoms with Gasteiger partial charge < -0.3 is 4.74 Å². The Balaban J connectivity index is 2.58. The zero-order chi connectivity index (χ0) is 10.1. The van der Waals surface area contributed by atoms with E-state index >= 15 is 0 Å². The summed E-state index contributed by atoms with van der Waals surface area (Å²) in [5.41, 5.74) is 0. The maximum Gasteiger partial charge on any atom is 0.155 e. The Kier molecular flexibility index (Phi) is 2.92. The summed E-state index contributed by atoms with van der Waals surface area (Å²) >= 11 is 3.47. The van der Waals surface area contributed by atoms with E-state index in [0.717, 1.165) is 10.4 Å². The van der Waals surface area contributed by atoms with E-state index in [1.165, 1.54) is 11.3 Å². The van der Waals surface area contributed by atoms with Gasteiger partial charge in [-0.2, -0.15) is 0 Å². The lowest BCUT2D eigenvalue weighted by Crippen LogP contribution is -1.90. The summed E-state index contributed by atoms with van der Waals surface area (Å²) in [6, 6.07) is 5.53. The third-order valence-corrected chi connectivity index (χ3v) is 3.94. The first kappa shape index (κ1) is 10.2. The first-order chi connectivity index (χ1) is 6.72. The lowest BCUT2D eigenvalue weighted by atomic mass is 10.2. The van der Waals surface area contributed by atoms with Gasteiger partial charge in [0.05, 0.1) is 6.61 Å². The molecule has 1 nitrogen and oxygen atoms in total. The van der Waals surface area contributed by atoms with Gasteiger partial charge in [0, 0.05) is 10.1 Å². The van der Waals surface area contributed by atoms with E-state index in [1.54, 1.807) is 6.07 Å². The normalized spacial score (nSPS) is 10.8. The van der Waals surface area contributed by atoms with Gasteiger partial charge in [-0.25, -0.2) is 4.39 Å². The second-order valence-corrected chi connectivity index (χ2v) is 5.64. The molecule has 1 heterocycles. The molecule has 0 fully saturated rings. The summed E-state index contributed by atoms with van der Waals surface area (Å²) in [7, 11) is 0. The van der Waals surface area contributed by atoms with E-state index < -0.39 is 0 Å². The van der Waals surface area contributed by atoms with Crippen molar-refractivity contribution in [2.45, 2.75) is 6.92 Å². The van der Waals surface area contributed by atoms with Crippen LogP contribution in [0.4, 0.5) is 4.39 Å². The topological polar surface area (TPSA) is 9.23 Å². The highest BCUT2D eigenvalue weighted by Crippen LogP contribution is 2.33. The molecule has 2 rings (SSSR count). The molecule has 0 aliphatic carbocycles. The van der Waals surface area contributed by atoms with Gasteiger partial charge in [0.15, 0.2) is 5.82 Å². The molecule has 14 heavy (non-hydrogen) atoms. The van der Waals surface area contributed by atoms with Crippen LogP contribution < -0.4 is 4.74 Å². The standard InChI is InChI=1S/C10H8FIOS/c1-2-13-6-3-4-8-7(5-6)9(11)10(12)14-8/h3-5H,2H2,1H3. The Morgan fingerprint density at radius 2 is 2.29 bits per heavy atom. The van der Waals surface area contributed by atoms with E-state index in [4.69, 9.17) is 4.74 Å². The highest BCUT2D eigenvalue weighted by Gasteiger charge is 2.09. The average molecular weight is 322 g/mol. The van der Waals surface area contributed by atoms with Crippen LogP contribution in [0.25, 0.3) is 10.1 Å². The van der Waals surface area contributed by atoms with Crippen molar-refractivity contribution in [1.29, 1.82) is 0 Å². The number of hydrogen-bond acceptors (Lipinski definition) is 2. The first-order valence-electron chi connectivity index (χ1n) is 4.22. The van der Waals surface area contributed by atoms with Gasteiger partial charge in [0.2, 0.25) is 0 Å². The predicted molar refractivity (Wildman–Crippen MR) is 65.7 cm³/mol. The van der Waals surface area contributed by atoms with Gasteiger partial charge in [-0.1, -0.05) is 0 Å². The van der Waals surface area contributed by atoms with E-state index in [9.17, 15) is 4.39 Å². The van der Waals surface area contributed by atoms with Gasteiger partial charge >= 0.3 is 0 Å². The SMILES string of the molecule is CCOc1ccc2sc(I)c(F)c2c1. The summed E-state index contributed by atoms with van der Waals surface area (Å²) in [6.45, 7) is 2.52. The van der Waals surface area contributed by atoms with E-state index in [1.807, 2.05) is 41.6 Å². The van der Waals surface area contributed by atoms with Gasteiger partial charge in [0.1, 0.15) is 8.63 Å². The second kappa shape index (κ2) is 4.02. The summed E-state index contributed by atoms with van der Waals surface area (Å²) in [4.78, 5) is 0. The highest BCUT2D eigenvalue weighted by molar-refractivity contribution is 14.1. The molecular formula is C10H8FIOS. The first-order valence-corrected chi connectivity index (χ1v) is 6.12. The van der Waals surface area contributed by atoms with Crippen molar-refractivity contribution in [1.82, 2.24) is 0 Å². The van der Waals surface area contributed by atoms with Crippen LogP contribution in [-0.4, -0.2) is 6.61 Å². The molecule has 0 atom stereocenters. The van der Waals surface area contributed by atoms with Crippen LogP contribution in [0.3, 0.4) is 0 Å². The average Bonchev–Trinajstić information content (AvgIpc) is 2.45. The molecule has 74 valence electrons. The molecule has 0 aliphatic rings. The Morgan fingerprint density at radius 3 is 3.00 bits per heavy atom. The predicted octanol–water partition coefficient (Wildman–Crippen LogP) is 4.04. The molecule has 4 heteroatoms. The fraction of sp³-hybridized carbons (Fsp3) is 0.200. The van der Waals surface area contributed by atoms with Crippen LogP contribution in [0.2, 0.25) is 0 Å². The minimum Gasteiger partial charge on any atom is -0.494 e. The molecule has 1 aromatic carbocycles. The van der Waals surface area contributed by atoms with Gasteiger partial charge in [-0.15, -0.1) is 11.3 Å². The highest BCUT2D eigenvalue weighted by atomic mass is 127. The molecule has 2 aromatic rings. The number of fused-ring (bicyclic) bond motifs is 1. The fourth-order valence-corrected chi connectivity index (χ4v) is 3.06. The number of benzene rings is 1. The van der Waals surface area contributed by atoms with Crippen LogP contribution in [0.15, 0.2) is 18.2 Å². The maximum atomic E-state index is 13.5. The van der Waals surface area contributed by atoms with E-state index in [0.29, 0.717) is 14.9 Å². The molecule has 0 saturated heterocycles. The summed E-state index contributed by atoms with van der Waals surface area (Å²) in [5.74, 6) is 0.597. The Labute approximate surface area is 99.0 Å². The fourth-order valence-electron chi connectivity index (χ4n) is 1.27. The van der Waals surface area contributed by atoms with Crippen LogP contribution in [0.1, 0.15) is 6.92 Å². The number of rotatable bonds is 2. The third kappa shape index (κ3) is 1.72. The second-order valence-electron chi connectivity index (χ2n) is 2.78. The number of ether oxygens (including phenoxy) is 1. The largest absolute Gasteiger partial charge is 0.494 e. The van der Waals surface area contributed by atoms with Crippen molar-refractivity contribution in [2.75, 3.05) is 6.61 Å².